The first-order valence-electron chi connectivity index (χ1n) is 3.65. The monoisotopic (exact) mass is 140 g/mol. The van der Waals surface area contributed by atoms with Crippen LogP contribution in [-0.4, -0.2) is 5.94 Å². The highest BCUT2D eigenvalue weighted by Crippen LogP contribution is 1.91. The minimum Gasteiger partial charge on any atom is -0.234 e. The maximum atomic E-state index is 9.55. The molecule has 0 aromatic carbocycles. The molecular weight excluding hydrogens is 124 g/mol. The summed E-state index contributed by atoms with van der Waals surface area (Å²) < 4.78 is 0. The van der Waals surface area contributed by atoms with E-state index in [2.05, 4.69) is 13.8 Å². The number of rotatable bonds is 2. The maximum Gasteiger partial charge on any atom is 0.124 e. The molecule has 0 fully saturated rings. The Bertz CT molecular complexity index is 117. The molecule has 0 saturated heterocycles. The van der Waals surface area contributed by atoms with Gasteiger partial charge in [-0.05, 0) is 5.92 Å². The van der Waals surface area contributed by atoms with Crippen LogP contribution in [0.4, 0.5) is 0 Å². The smallest absolute Gasteiger partial charge is 0.124 e. The van der Waals surface area contributed by atoms with E-state index in [1.165, 1.54) is 6.08 Å². The summed E-state index contributed by atoms with van der Waals surface area (Å²) in [5, 5.41) is 0. The second kappa shape index (κ2) is 11.0. The molecule has 1 heteroatoms. The van der Waals surface area contributed by atoms with Crippen LogP contribution < -0.4 is 0 Å². The summed E-state index contributed by atoms with van der Waals surface area (Å²) in [5.41, 5.74) is 0. The van der Waals surface area contributed by atoms with Crippen LogP contribution in [0.2, 0.25) is 0 Å². The Kier molecular flexibility index (Phi) is 13.2. The van der Waals surface area contributed by atoms with E-state index in [1.807, 2.05) is 19.9 Å². The van der Waals surface area contributed by atoms with Crippen molar-refractivity contribution in [2.75, 3.05) is 0 Å². The Labute approximate surface area is 63.4 Å². The minimum absolute atomic E-state index is 0.514. The van der Waals surface area contributed by atoms with E-state index < -0.39 is 0 Å². The van der Waals surface area contributed by atoms with Crippen molar-refractivity contribution in [2.45, 2.75) is 27.7 Å². The predicted octanol–water partition coefficient (Wildman–Crippen LogP) is 2.61. The lowest BCUT2D eigenvalue weighted by Gasteiger charge is -1.87. The standard InChI is InChI=1S/C7H10O.C2H6/c1-7(2)5-3-4-6-8;1-2/h3-5,7H,1-2H3;1-2H3/b5-3-;. The quantitative estimate of drug-likeness (QED) is 0.425. The van der Waals surface area contributed by atoms with Crippen LogP contribution in [0.25, 0.3) is 0 Å². The van der Waals surface area contributed by atoms with Crippen molar-refractivity contribution in [3.05, 3.63) is 18.2 Å². The molecule has 0 aliphatic carbocycles. The zero-order chi connectivity index (χ0) is 8.41. The first-order valence-corrected chi connectivity index (χ1v) is 3.65. The van der Waals surface area contributed by atoms with Crippen molar-refractivity contribution in [3.63, 3.8) is 0 Å². The minimum atomic E-state index is 0.514. The maximum absolute atomic E-state index is 9.55. The summed E-state index contributed by atoms with van der Waals surface area (Å²) in [7, 11) is 0. The molecule has 0 radical (unpaired) electrons. The Hall–Kier alpha value is -0.810. The van der Waals surface area contributed by atoms with Crippen molar-refractivity contribution in [1.82, 2.24) is 0 Å². The van der Waals surface area contributed by atoms with Crippen LogP contribution in [-0.2, 0) is 4.79 Å². The van der Waals surface area contributed by atoms with Gasteiger partial charge in [0.25, 0.3) is 0 Å². The average molecular weight is 140 g/mol. The van der Waals surface area contributed by atoms with Gasteiger partial charge in [0.1, 0.15) is 5.94 Å². The molecule has 0 rings (SSSR count). The highest BCUT2D eigenvalue weighted by molar-refractivity contribution is 5.48. The van der Waals surface area contributed by atoms with E-state index in [0.29, 0.717) is 5.92 Å². The normalized spacial score (nSPS) is 8.50. The lowest BCUT2D eigenvalue weighted by Crippen LogP contribution is -1.74. The largest absolute Gasteiger partial charge is 0.234 e. The number of hydrogen-bond acceptors (Lipinski definition) is 1. The second-order valence-corrected chi connectivity index (χ2v) is 1.91. The van der Waals surface area contributed by atoms with Gasteiger partial charge in [-0.3, -0.25) is 0 Å². The first kappa shape index (κ1) is 11.9. The van der Waals surface area contributed by atoms with Gasteiger partial charge in [-0.25, -0.2) is 4.79 Å². The van der Waals surface area contributed by atoms with Gasteiger partial charge in [0.15, 0.2) is 0 Å². The van der Waals surface area contributed by atoms with Gasteiger partial charge in [-0.1, -0.05) is 39.8 Å². The molecule has 0 aromatic heterocycles. The Morgan fingerprint density at radius 1 is 1.30 bits per heavy atom. The summed E-state index contributed by atoms with van der Waals surface area (Å²) >= 11 is 0. The predicted molar refractivity (Wildman–Crippen MR) is 45.6 cm³/mol. The van der Waals surface area contributed by atoms with Crippen molar-refractivity contribution in [2.24, 2.45) is 5.92 Å². The fourth-order valence-electron chi connectivity index (χ4n) is 0.317. The average Bonchev–Trinajstić information content (AvgIpc) is 1.92. The first-order chi connectivity index (χ1) is 4.77. The molecule has 0 amide bonds. The molecule has 0 saturated carbocycles. The second-order valence-electron chi connectivity index (χ2n) is 1.91. The van der Waals surface area contributed by atoms with Gasteiger partial charge >= 0.3 is 0 Å². The molecule has 0 heterocycles. The van der Waals surface area contributed by atoms with E-state index >= 15 is 0 Å². The molecule has 0 N–H and O–H groups in total. The molecule has 1 nitrogen and oxygen atoms in total. The molecule has 0 aliphatic rings. The third-order valence-electron chi connectivity index (χ3n) is 0.660. The molecule has 10 heavy (non-hydrogen) atoms. The van der Waals surface area contributed by atoms with Crippen LogP contribution in [0.15, 0.2) is 18.2 Å². The third kappa shape index (κ3) is 15.7. The van der Waals surface area contributed by atoms with E-state index in [4.69, 9.17) is 0 Å². The third-order valence-corrected chi connectivity index (χ3v) is 0.660. The van der Waals surface area contributed by atoms with Crippen LogP contribution in [0.1, 0.15) is 27.7 Å². The van der Waals surface area contributed by atoms with Crippen LogP contribution in [0, 0.1) is 5.92 Å². The van der Waals surface area contributed by atoms with Crippen LogP contribution in [0.3, 0.4) is 0 Å². The van der Waals surface area contributed by atoms with Crippen molar-refractivity contribution < 1.29 is 4.79 Å². The van der Waals surface area contributed by atoms with Gasteiger partial charge < -0.3 is 0 Å². The lowest BCUT2D eigenvalue weighted by atomic mass is 10.2. The van der Waals surface area contributed by atoms with E-state index in [0.717, 1.165) is 0 Å². The van der Waals surface area contributed by atoms with E-state index in [-0.39, 0.29) is 0 Å². The molecule has 58 valence electrons. The molecule has 0 unspecified atom stereocenters. The zero-order valence-corrected chi connectivity index (χ0v) is 7.22. The fraction of sp³-hybridized carbons (Fsp3) is 0.556. The molecule has 0 aromatic rings. The van der Waals surface area contributed by atoms with Crippen molar-refractivity contribution in [3.8, 4) is 0 Å². The van der Waals surface area contributed by atoms with E-state index in [1.54, 1.807) is 12.0 Å². The zero-order valence-electron chi connectivity index (χ0n) is 7.22. The topological polar surface area (TPSA) is 17.1 Å². The Morgan fingerprint density at radius 3 is 2.10 bits per heavy atom. The molecule has 0 bridgehead atoms. The Balaban J connectivity index is 0. The number of allylic oxidation sites excluding steroid dienone is 3. The molecule has 0 aliphatic heterocycles. The molecule has 0 atom stereocenters. The SMILES string of the molecule is CC.CC(C)/C=C\C=C=O. The lowest BCUT2D eigenvalue weighted by molar-refractivity contribution is 0.569. The van der Waals surface area contributed by atoms with Crippen LogP contribution in [0.5, 0.6) is 0 Å². The Morgan fingerprint density at radius 2 is 1.80 bits per heavy atom. The highest BCUT2D eigenvalue weighted by atomic mass is 16.1. The summed E-state index contributed by atoms with van der Waals surface area (Å²) in [6.07, 6.45) is 5.00. The number of hydrogen-bond donors (Lipinski definition) is 0. The fourth-order valence-corrected chi connectivity index (χ4v) is 0.317. The van der Waals surface area contributed by atoms with Crippen LogP contribution >= 0.6 is 0 Å². The van der Waals surface area contributed by atoms with Gasteiger partial charge in [0.2, 0.25) is 0 Å². The summed E-state index contributed by atoms with van der Waals surface area (Å²) in [5.74, 6) is 2.17. The number of carbonyl (C=O) groups excluding carboxylic acids is 1. The van der Waals surface area contributed by atoms with Gasteiger partial charge in [0, 0.05) is 6.08 Å². The van der Waals surface area contributed by atoms with Gasteiger partial charge in [0.05, 0.1) is 0 Å². The summed E-state index contributed by atoms with van der Waals surface area (Å²) in [4.78, 5) is 9.55. The van der Waals surface area contributed by atoms with Crippen molar-refractivity contribution in [1.29, 1.82) is 0 Å². The summed E-state index contributed by atoms with van der Waals surface area (Å²) in [6.45, 7) is 8.10. The van der Waals surface area contributed by atoms with Crippen molar-refractivity contribution >= 4 is 5.94 Å². The highest BCUT2D eigenvalue weighted by Gasteiger charge is 1.78. The van der Waals surface area contributed by atoms with Gasteiger partial charge in [-0.15, -0.1) is 0 Å². The van der Waals surface area contributed by atoms with Gasteiger partial charge in [-0.2, -0.15) is 0 Å². The van der Waals surface area contributed by atoms with E-state index in [9.17, 15) is 4.79 Å². The summed E-state index contributed by atoms with van der Waals surface area (Å²) in [6, 6.07) is 0. The molecular formula is C9H16O. The molecule has 0 spiro atoms.